The first-order chi connectivity index (χ1) is 19.1. The number of anilines is 1. The molecule has 4 rings (SSSR count). The number of ether oxygens (including phenoxy) is 2. The van der Waals surface area contributed by atoms with Gasteiger partial charge in [-0.15, -0.1) is 0 Å². The first-order valence-corrected chi connectivity index (χ1v) is 14.1. The van der Waals surface area contributed by atoms with Gasteiger partial charge in [-0.3, -0.25) is 19.6 Å². The predicted octanol–water partition coefficient (Wildman–Crippen LogP) is 5.30. The van der Waals surface area contributed by atoms with Crippen molar-refractivity contribution in [2.24, 2.45) is 0 Å². The molecule has 2 atom stereocenters. The van der Waals surface area contributed by atoms with Gasteiger partial charge in [0, 0.05) is 38.7 Å². The maximum absolute atomic E-state index is 13.4. The highest BCUT2D eigenvalue weighted by atomic mass is 16.8. The highest BCUT2D eigenvalue weighted by Gasteiger charge is 2.34. The van der Waals surface area contributed by atoms with Crippen LogP contribution in [0.2, 0.25) is 0 Å². The molecule has 1 N–H and O–H groups in total. The Morgan fingerprint density at radius 2 is 1.98 bits per heavy atom. The Labute approximate surface area is 237 Å². The van der Waals surface area contributed by atoms with Crippen molar-refractivity contribution in [1.29, 1.82) is 0 Å². The van der Waals surface area contributed by atoms with E-state index in [0.717, 1.165) is 45.3 Å². The molecule has 216 valence electrons. The molecule has 9 heteroatoms. The molecule has 1 unspecified atom stereocenters. The molecular weight excluding hydrogens is 508 g/mol. The van der Waals surface area contributed by atoms with Crippen molar-refractivity contribution in [1.82, 2.24) is 15.4 Å². The molecule has 2 aliphatic heterocycles. The smallest absolute Gasteiger partial charge is 0.415 e. The fourth-order valence-corrected chi connectivity index (χ4v) is 4.86. The van der Waals surface area contributed by atoms with E-state index in [1.165, 1.54) is 22.8 Å². The largest absolute Gasteiger partial charge is 0.443 e. The Balaban J connectivity index is 1.41. The lowest BCUT2D eigenvalue weighted by molar-refractivity contribution is -0.198. The van der Waals surface area contributed by atoms with Gasteiger partial charge in [-0.25, -0.2) is 15.1 Å². The topological polar surface area (TPSA) is 93.2 Å². The zero-order valence-corrected chi connectivity index (χ0v) is 24.3. The maximum atomic E-state index is 13.4. The Hall–Kier alpha value is -3.27. The summed E-state index contributed by atoms with van der Waals surface area (Å²) >= 11 is 0. The van der Waals surface area contributed by atoms with Crippen LogP contribution in [-0.2, 0) is 25.7 Å². The normalized spacial score (nSPS) is 20.0. The van der Waals surface area contributed by atoms with Crippen LogP contribution in [0.1, 0.15) is 68.8 Å². The summed E-state index contributed by atoms with van der Waals surface area (Å²) < 4.78 is 11.2. The van der Waals surface area contributed by atoms with Gasteiger partial charge >= 0.3 is 6.09 Å². The molecular formula is C31H42N4O5. The number of carbonyl (C=O) groups is 2. The third kappa shape index (κ3) is 8.61. The van der Waals surface area contributed by atoms with Gasteiger partial charge in [0.25, 0.3) is 5.91 Å². The molecule has 3 heterocycles. The number of nitrogens with zero attached hydrogens (tertiary/aromatic N) is 3. The van der Waals surface area contributed by atoms with E-state index >= 15 is 0 Å². The van der Waals surface area contributed by atoms with E-state index in [1.807, 2.05) is 26.8 Å². The molecule has 2 aromatic rings. The zero-order chi connectivity index (χ0) is 28.7. The number of aromatic nitrogens is 1. The van der Waals surface area contributed by atoms with E-state index in [-0.39, 0.29) is 6.04 Å². The second kappa shape index (κ2) is 13.4. The highest BCUT2D eigenvalue weighted by molar-refractivity contribution is 5.91. The summed E-state index contributed by atoms with van der Waals surface area (Å²) in [5.74, 6) is -0.398. The number of nitrogens with one attached hydrogen (secondary N) is 1. The number of amides is 2. The Bertz CT molecular complexity index is 1190. The van der Waals surface area contributed by atoms with Gasteiger partial charge in [0.05, 0.1) is 23.6 Å². The predicted molar refractivity (Wildman–Crippen MR) is 154 cm³/mol. The average molecular weight is 551 g/mol. The van der Waals surface area contributed by atoms with Gasteiger partial charge in [-0.05, 0) is 88.8 Å². The second-order valence-electron chi connectivity index (χ2n) is 11.6. The van der Waals surface area contributed by atoms with Crippen LogP contribution in [0.3, 0.4) is 0 Å². The van der Waals surface area contributed by atoms with Crippen LogP contribution in [0, 0.1) is 13.8 Å². The molecule has 0 spiro atoms. The first kappa shape index (κ1) is 29.7. The molecule has 1 aromatic carbocycles. The molecule has 0 aliphatic carbocycles. The van der Waals surface area contributed by atoms with Gasteiger partial charge < -0.3 is 9.47 Å². The van der Waals surface area contributed by atoms with Crippen LogP contribution in [0.4, 0.5) is 10.5 Å². The van der Waals surface area contributed by atoms with Crippen molar-refractivity contribution >= 4 is 23.8 Å². The summed E-state index contributed by atoms with van der Waals surface area (Å²) in [6.07, 6.45) is 7.42. The summed E-state index contributed by atoms with van der Waals surface area (Å²) in [6, 6.07) is 10.1. The van der Waals surface area contributed by atoms with E-state index < -0.39 is 23.9 Å². The summed E-state index contributed by atoms with van der Waals surface area (Å²) in [6.45, 7) is 12.9. The molecule has 0 saturated carbocycles. The minimum atomic E-state index is -0.624. The lowest BCUT2D eigenvalue weighted by Crippen LogP contribution is -2.45. The van der Waals surface area contributed by atoms with Crippen LogP contribution in [0.25, 0.3) is 6.08 Å². The van der Waals surface area contributed by atoms with Crippen molar-refractivity contribution in [3.63, 3.8) is 0 Å². The Morgan fingerprint density at radius 3 is 2.65 bits per heavy atom. The van der Waals surface area contributed by atoms with Crippen molar-refractivity contribution in [2.75, 3.05) is 24.6 Å². The molecule has 1 aromatic heterocycles. The molecule has 40 heavy (non-hydrogen) atoms. The van der Waals surface area contributed by atoms with Gasteiger partial charge in [-0.1, -0.05) is 18.2 Å². The van der Waals surface area contributed by atoms with Crippen LogP contribution in [-0.4, -0.2) is 59.5 Å². The summed E-state index contributed by atoms with van der Waals surface area (Å²) in [7, 11) is 0. The minimum absolute atomic E-state index is 0.0467. The lowest BCUT2D eigenvalue weighted by Gasteiger charge is -2.31. The first-order valence-electron chi connectivity index (χ1n) is 14.1. The van der Waals surface area contributed by atoms with E-state index in [4.69, 9.17) is 14.3 Å². The summed E-state index contributed by atoms with van der Waals surface area (Å²) in [4.78, 5) is 39.4. The third-order valence-electron chi connectivity index (χ3n) is 7.06. The Kier molecular flexibility index (Phi) is 9.95. The van der Waals surface area contributed by atoms with Crippen molar-refractivity contribution < 1.29 is 23.9 Å². The molecule has 2 fully saturated rings. The van der Waals surface area contributed by atoms with Gasteiger partial charge in [0.1, 0.15) is 5.60 Å². The van der Waals surface area contributed by atoms with Crippen LogP contribution < -0.4 is 10.4 Å². The van der Waals surface area contributed by atoms with Crippen LogP contribution in [0.5, 0.6) is 0 Å². The number of benzene rings is 1. The van der Waals surface area contributed by atoms with E-state index in [1.54, 1.807) is 23.2 Å². The molecule has 0 radical (unpaired) electrons. The molecule has 2 saturated heterocycles. The fraction of sp³-hybridized carbons (Fsp3) is 0.516. The van der Waals surface area contributed by atoms with Gasteiger partial charge in [-0.2, -0.15) is 0 Å². The SMILES string of the molecule is Cc1ccc(CN2CC[C@@H](N(C(=O)OC(C)(C)C)c3ccc(C=CC(=O)NOC4CCCCO4)nc3)C2)cc1C. The van der Waals surface area contributed by atoms with Gasteiger partial charge in [0.15, 0.2) is 6.29 Å². The quantitative estimate of drug-likeness (QED) is 0.352. The monoisotopic (exact) mass is 550 g/mol. The van der Waals surface area contributed by atoms with Gasteiger partial charge in [0.2, 0.25) is 0 Å². The van der Waals surface area contributed by atoms with E-state index in [9.17, 15) is 9.59 Å². The standard InChI is InChI=1S/C31H42N4O5/c1-22-9-10-24(18-23(22)2)20-34-16-15-27(21-34)35(30(37)39-31(3,4)5)26-13-11-25(32-19-26)12-14-28(36)33-40-29-8-6-7-17-38-29/h9-14,18-19,27,29H,6-8,15-17,20-21H2,1-5H3,(H,33,36)/t27-,29?/m1/s1. The molecule has 2 amide bonds. The van der Waals surface area contributed by atoms with Crippen molar-refractivity contribution in [3.05, 3.63) is 65.0 Å². The molecule has 2 aliphatic rings. The second-order valence-corrected chi connectivity index (χ2v) is 11.6. The highest BCUT2D eigenvalue weighted by Crippen LogP contribution is 2.27. The number of likely N-dealkylation sites (tertiary alicyclic amines) is 1. The molecule has 0 bridgehead atoms. The Morgan fingerprint density at radius 1 is 1.15 bits per heavy atom. The molecule has 9 nitrogen and oxygen atoms in total. The number of hydrogen-bond donors (Lipinski definition) is 1. The number of carbonyl (C=O) groups excluding carboxylic acids is 2. The number of hydroxylamine groups is 1. The summed E-state index contributed by atoms with van der Waals surface area (Å²) in [5, 5.41) is 0. The van der Waals surface area contributed by atoms with E-state index in [2.05, 4.69) is 47.4 Å². The maximum Gasteiger partial charge on any atom is 0.415 e. The number of aryl methyl sites for hydroxylation is 2. The minimum Gasteiger partial charge on any atom is -0.443 e. The number of rotatable bonds is 8. The zero-order valence-electron chi connectivity index (χ0n) is 24.3. The lowest BCUT2D eigenvalue weighted by atomic mass is 10.1. The fourth-order valence-electron chi connectivity index (χ4n) is 4.86. The number of hydrogen-bond acceptors (Lipinski definition) is 7. The van der Waals surface area contributed by atoms with Crippen LogP contribution in [0.15, 0.2) is 42.6 Å². The van der Waals surface area contributed by atoms with Crippen LogP contribution >= 0.6 is 0 Å². The third-order valence-corrected chi connectivity index (χ3v) is 7.06. The average Bonchev–Trinajstić information content (AvgIpc) is 3.36. The summed E-state index contributed by atoms with van der Waals surface area (Å²) in [5.41, 5.74) is 6.86. The van der Waals surface area contributed by atoms with Crippen molar-refractivity contribution in [3.8, 4) is 0 Å². The number of pyridine rings is 1. The van der Waals surface area contributed by atoms with E-state index in [0.29, 0.717) is 18.0 Å². The van der Waals surface area contributed by atoms with Crippen molar-refractivity contribution in [2.45, 2.75) is 84.8 Å².